The van der Waals surface area contributed by atoms with Crippen molar-refractivity contribution in [3.05, 3.63) is 59.0 Å². The highest BCUT2D eigenvalue weighted by atomic mass is 32.1. The molecule has 122 valence electrons. The summed E-state index contributed by atoms with van der Waals surface area (Å²) in [4.78, 5) is 4.49. The van der Waals surface area contributed by atoms with Crippen LogP contribution in [0.4, 0.5) is 5.13 Å². The maximum atomic E-state index is 9.84. The lowest BCUT2D eigenvalue weighted by atomic mass is 10.1. The second-order valence-electron chi connectivity index (χ2n) is 5.20. The number of phenols is 1. The number of methoxy groups -OCH3 is 1. The average Bonchev–Trinajstić information content (AvgIpc) is 3.06. The van der Waals surface area contributed by atoms with E-state index in [9.17, 15) is 5.11 Å². The minimum atomic E-state index is 0.207. The summed E-state index contributed by atoms with van der Waals surface area (Å²) >= 11 is 1.47. The van der Waals surface area contributed by atoms with Crippen molar-refractivity contribution in [2.75, 3.05) is 12.5 Å². The molecule has 6 heteroatoms. The first kappa shape index (κ1) is 16.0. The van der Waals surface area contributed by atoms with E-state index in [-0.39, 0.29) is 5.75 Å². The predicted molar refractivity (Wildman–Crippen MR) is 98.2 cm³/mol. The van der Waals surface area contributed by atoms with Gasteiger partial charge in [-0.05, 0) is 48.9 Å². The molecule has 0 radical (unpaired) electrons. The Morgan fingerprint density at radius 1 is 1.21 bits per heavy atom. The van der Waals surface area contributed by atoms with Gasteiger partial charge in [0, 0.05) is 16.5 Å². The third-order valence-electron chi connectivity index (χ3n) is 3.44. The Balaban J connectivity index is 1.68. The smallest absolute Gasteiger partial charge is 0.203 e. The number of hydrazone groups is 1. The number of ether oxygens (including phenoxy) is 1. The number of aromatic nitrogens is 1. The van der Waals surface area contributed by atoms with Crippen LogP contribution in [0.15, 0.2) is 52.9 Å². The first-order chi connectivity index (χ1) is 11.7. The van der Waals surface area contributed by atoms with Gasteiger partial charge in [0.15, 0.2) is 0 Å². The number of phenolic OH excluding ortho intramolecular Hbond substituents is 1. The summed E-state index contributed by atoms with van der Waals surface area (Å²) < 4.78 is 5.15. The van der Waals surface area contributed by atoms with Crippen molar-refractivity contribution < 1.29 is 9.84 Å². The van der Waals surface area contributed by atoms with Crippen molar-refractivity contribution in [3.63, 3.8) is 0 Å². The molecule has 5 nitrogen and oxygen atoms in total. The fourth-order valence-corrected chi connectivity index (χ4v) is 2.81. The van der Waals surface area contributed by atoms with Crippen molar-refractivity contribution in [2.24, 2.45) is 5.10 Å². The highest BCUT2D eigenvalue weighted by molar-refractivity contribution is 7.14. The minimum Gasteiger partial charge on any atom is -0.507 e. The molecular weight excluding hydrogens is 322 g/mol. The second-order valence-corrected chi connectivity index (χ2v) is 6.06. The van der Waals surface area contributed by atoms with Crippen LogP contribution in [0.3, 0.4) is 0 Å². The zero-order valence-electron chi connectivity index (χ0n) is 13.4. The molecule has 0 aliphatic heterocycles. The van der Waals surface area contributed by atoms with E-state index in [1.54, 1.807) is 19.4 Å². The Morgan fingerprint density at radius 3 is 2.71 bits per heavy atom. The molecule has 3 aromatic rings. The van der Waals surface area contributed by atoms with Gasteiger partial charge in [-0.1, -0.05) is 6.07 Å². The van der Waals surface area contributed by atoms with Crippen molar-refractivity contribution in [1.82, 2.24) is 4.98 Å². The van der Waals surface area contributed by atoms with Crippen LogP contribution < -0.4 is 10.2 Å². The van der Waals surface area contributed by atoms with Crippen LogP contribution in [-0.4, -0.2) is 23.4 Å². The lowest BCUT2D eigenvalue weighted by Crippen LogP contribution is -1.91. The molecule has 0 aliphatic rings. The summed E-state index contributed by atoms with van der Waals surface area (Å²) in [6.45, 7) is 1.93. The number of hydrogen-bond acceptors (Lipinski definition) is 6. The summed E-state index contributed by atoms with van der Waals surface area (Å²) in [5, 5.41) is 16.6. The molecule has 0 unspecified atom stereocenters. The van der Waals surface area contributed by atoms with E-state index >= 15 is 0 Å². The molecule has 0 spiro atoms. The van der Waals surface area contributed by atoms with Crippen LogP contribution in [0.1, 0.15) is 11.1 Å². The number of nitrogens with zero attached hydrogens (tertiary/aromatic N) is 2. The molecule has 0 amide bonds. The molecular formula is C18H17N3O2S. The second kappa shape index (κ2) is 7.14. The van der Waals surface area contributed by atoms with E-state index in [4.69, 9.17) is 4.74 Å². The highest BCUT2D eigenvalue weighted by Gasteiger charge is 2.04. The highest BCUT2D eigenvalue weighted by Crippen LogP contribution is 2.26. The summed E-state index contributed by atoms with van der Waals surface area (Å²) in [5.41, 5.74) is 6.43. The van der Waals surface area contributed by atoms with Crippen LogP contribution in [0.25, 0.3) is 11.3 Å². The van der Waals surface area contributed by atoms with Gasteiger partial charge in [-0.15, -0.1) is 11.3 Å². The molecule has 0 saturated heterocycles. The Bertz CT molecular complexity index is 857. The van der Waals surface area contributed by atoms with Gasteiger partial charge in [0.1, 0.15) is 11.5 Å². The topological polar surface area (TPSA) is 66.7 Å². The maximum absolute atomic E-state index is 9.84. The van der Waals surface area contributed by atoms with Gasteiger partial charge >= 0.3 is 0 Å². The van der Waals surface area contributed by atoms with Crippen LogP contribution in [0.5, 0.6) is 11.5 Å². The number of anilines is 1. The zero-order valence-corrected chi connectivity index (χ0v) is 14.2. The zero-order chi connectivity index (χ0) is 16.9. The van der Waals surface area contributed by atoms with Crippen molar-refractivity contribution in [2.45, 2.75) is 6.92 Å². The molecule has 0 fully saturated rings. The van der Waals surface area contributed by atoms with E-state index in [0.717, 1.165) is 22.6 Å². The molecule has 1 aromatic heterocycles. The monoisotopic (exact) mass is 339 g/mol. The number of benzene rings is 2. The average molecular weight is 339 g/mol. The van der Waals surface area contributed by atoms with Crippen LogP contribution in [0.2, 0.25) is 0 Å². The number of nitrogens with one attached hydrogen (secondary N) is 1. The van der Waals surface area contributed by atoms with Gasteiger partial charge in [0.2, 0.25) is 5.13 Å². The number of aryl methyl sites for hydroxylation is 1. The Labute approximate surface area is 144 Å². The fourth-order valence-electron chi connectivity index (χ4n) is 2.14. The Hall–Kier alpha value is -2.86. The van der Waals surface area contributed by atoms with E-state index in [1.807, 2.05) is 48.7 Å². The first-order valence-corrected chi connectivity index (χ1v) is 8.22. The molecule has 0 atom stereocenters. The SMILES string of the molecule is COc1ccc(-c2csc(N/N=C/c3ccc(C)cc3O)n2)cc1. The van der Waals surface area contributed by atoms with E-state index in [0.29, 0.717) is 10.7 Å². The van der Waals surface area contributed by atoms with E-state index in [2.05, 4.69) is 15.5 Å². The van der Waals surface area contributed by atoms with E-state index < -0.39 is 0 Å². The fraction of sp³-hybridized carbons (Fsp3) is 0.111. The quantitative estimate of drug-likeness (QED) is 0.538. The van der Waals surface area contributed by atoms with Gasteiger partial charge in [-0.2, -0.15) is 5.10 Å². The van der Waals surface area contributed by atoms with Crippen LogP contribution in [0, 0.1) is 6.92 Å². The normalized spacial score (nSPS) is 10.9. The molecule has 2 N–H and O–H groups in total. The van der Waals surface area contributed by atoms with Crippen LogP contribution in [-0.2, 0) is 0 Å². The molecule has 0 aliphatic carbocycles. The summed E-state index contributed by atoms with van der Waals surface area (Å²) in [6, 6.07) is 13.2. The number of rotatable bonds is 5. The van der Waals surface area contributed by atoms with Crippen molar-refractivity contribution in [1.29, 1.82) is 0 Å². The summed E-state index contributed by atoms with van der Waals surface area (Å²) in [5.74, 6) is 1.02. The lowest BCUT2D eigenvalue weighted by Gasteiger charge is -2.01. The van der Waals surface area contributed by atoms with Gasteiger partial charge < -0.3 is 9.84 Å². The largest absolute Gasteiger partial charge is 0.507 e. The molecule has 1 heterocycles. The van der Waals surface area contributed by atoms with Gasteiger partial charge in [0.25, 0.3) is 0 Å². The third kappa shape index (κ3) is 3.72. The molecule has 2 aromatic carbocycles. The first-order valence-electron chi connectivity index (χ1n) is 7.34. The molecule has 3 rings (SSSR count). The van der Waals surface area contributed by atoms with Crippen LogP contribution >= 0.6 is 11.3 Å². The van der Waals surface area contributed by atoms with Gasteiger partial charge in [0.05, 0.1) is 19.0 Å². The maximum Gasteiger partial charge on any atom is 0.203 e. The minimum absolute atomic E-state index is 0.207. The molecule has 24 heavy (non-hydrogen) atoms. The number of hydrogen-bond donors (Lipinski definition) is 2. The lowest BCUT2D eigenvalue weighted by molar-refractivity contribution is 0.415. The van der Waals surface area contributed by atoms with Crippen molar-refractivity contribution >= 4 is 22.7 Å². The Morgan fingerprint density at radius 2 is 2.00 bits per heavy atom. The molecule has 0 saturated carbocycles. The van der Waals surface area contributed by atoms with Crippen molar-refractivity contribution in [3.8, 4) is 22.8 Å². The molecule has 0 bridgehead atoms. The van der Waals surface area contributed by atoms with Gasteiger partial charge in [-0.3, -0.25) is 5.43 Å². The third-order valence-corrected chi connectivity index (χ3v) is 4.19. The summed E-state index contributed by atoms with van der Waals surface area (Å²) in [6.07, 6.45) is 1.57. The predicted octanol–water partition coefficient (Wildman–Crippen LogP) is 4.28. The van der Waals surface area contributed by atoms with Gasteiger partial charge in [-0.25, -0.2) is 4.98 Å². The number of aromatic hydroxyl groups is 1. The number of thiazole rings is 1. The standard InChI is InChI=1S/C18H17N3O2S/c1-12-3-4-14(17(22)9-12)10-19-21-18-20-16(11-24-18)13-5-7-15(23-2)8-6-13/h3-11,22H,1-2H3,(H,20,21)/b19-10+. The summed E-state index contributed by atoms with van der Waals surface area (Å²) in [7, 11) is 1.64. The van der Waals surface area contributed by atoms with E-state index in [1.165, 1.54) is 11.3 Å². The Kier molecular flexibility index (Phi) is 4.77.